The molecule has 0 unspecified atom stereocenters. The van der Waals surface area contributed by atoms with E-state index in [0.717, 1.165) is 31.9 Å². The molecule has 6 heteroatoms. The number of hydrogen-bond donors (Lipinski definition) is 1. The fraction of sp³-hybridized carbons (Fsp3) is 0.286. The number of para-hydroxylation sites is 1. The van der Waals surface area contributed by atoms with E-state index in [-0.39, 0.29) is 17.3 Å². The fourth-order valence-corrected chi connectivity index (χ4v) is 3.43. The molecule has 5 nitrogen and oxygen atoms in total. The van der Waals surface area contributed by atoms with E-state index >= 15 is 0 Å². The third kappa shape index (κ3) is 3.40. The maximum absolute atomic E-state index is 13.9. The molecule has 2 aromatic carbocycles. The maximum Gasteiger partial charge on any atom is 0.291 e. The number of nitrogens with zero attached hydrogens (tertiary/aromatic N) is 2. The first kappa shape index (κ1) is 17.5. The van der Waals surface area contributed by atoms with Crippen molar-refractivity contribution in [2.45, 2.75) is 6.92 Å². The first-order chi connectivity index (χ1) is 13.0. The lowest BCUT2D eigenvalue weighted by molar-refractivity contribution is 0.0997. The van der Waals surface area contributed by atoms with Crippen molar-refractivity contribution >= 4 is 28.3 Å². The predicted octanol–water partition coefficient (Wildman–Crippen LogP) is 3.88. The molecule has 1 aliphatic rings. The molecule has 0 saturated carbocycles. The average Bonchev–Trinajstić information content (AvgIpc) is 3.02. The van der Waals surface area contributed by atoms with Crippen LogP contribution in [0, 0.1) is 12.7 Å². The van der Waals surface area contributed by atoms with Gasteiger partial charge in [0.25, 0.3) is 5.91 Å². The molecule has 1 aromatic heterocycles. The molecule has 0 aliphatic carbocycles. The van der Waals surface area contributed by atoms with Gasteiger partial charge in [0.05, 0.1) is 0 Å². The summed E-state index contributed by atoms with van der Waals surface area (Å²) in [4.78, 5) is 17.2. The van der Waals surface area contributed by atoms with E-state index in [1.165, 1.54) is 6.07 Å². The summed E-state index contributed by atoms with van der Waals surface area (Å²) >= 11 is 0. The third-order valence-electron chi connectivity index (χ3n) is 5.12. The van der Waals surface area contributed by atoms with Crippen LogP contribution in [0.15, 0.2) is 46.9 Å². The van der Waals surface area contributed by atoms with Crippen molar-refractivity contribution in [3.8, 4) is 0 Å². The Morgan fingerprint density at radius 1 is 1.07 bits per heavy atom. The molecule has 0 atom stereocenters. The van der Waals surface area contributed by atoms with Gasteiger partial charge < -0.3 is 19.5 Å². The fourth-order valence-electron chi connectivity index (χ4n) is 3.43. The number of carbonyl (C=O) groups excluding carboxylic acids is 1. The molecule has 140 valence electrons. The van der Waals surface area contributed by atoms with E-state index < -0.39 is 5.82 Å². The van der Waals surface area contributed by atoms with Gasteiger partial charge in [-0.2, -0.15) is 0 Å². The molecule has 1 N–H and O–H groups in total. The van der Waals surface area contributed by atoms with Crippen LogP contribution in [0.5, 0.6) is 0 Å². The number of benzene rings is 2. The van der Waals surface area contributed by atoms with Crippen LogP contribution >= 0.6 is 0 Å². The van der Waals surface area contributed by atoms with Gasteiger partial charge in [-0.25, -0.2) is 4.39 Å². The Bertz CT molecular complexity index is 973. The minimum atomic E-state index is -0.467. The number of likely N-dealkylation sites (N-methyl/N-ethyl adjacent to an activating group) is 1. The monoisotopic (exact) mass is 367 g/mol. The maximum atomic E-state index is 13.9. The Kier molecular flexibility index (Phi) is 4.58. The minimum absolute atomic E-state index is 0.116. The molecule has 27 heavy (non-hydrogen) atoms. The number of halogens is 1. The normalized spacial score (nSPS) is 15.3. The van der Waals surface area contributed by atoms with Crippen molar-refractivity contribution in [3.05, 3.63) is 59.6 Å². The van der Waals surface area contributed by atoms with Gasteiger partial charge in [-0.15, -0.1) is 0 Å². The summed E-state index contributed by atoms with van der Waals surface area (Å²) in [5.74, 6) is -0.708. The number of piperazine rings is 1. The molecule has 1 fully saturated rings. The van der Waals surface area contributed by atoms with Crippen LogP contribution in [0.2, 0.25) is 0 Å². The van der Waals surface area contributed by atoms with Crippen LogP contribution in [-0.2, 0) is 0 Å². The highest BCUT2D eigenvalue weighted by molar-refractivity contribution is 6.06. The van der Waals surface area contributed by atoms with Crippen molar-refractivity contribution in [1.82, 2.24) is 4.90 Å². The summed E-state index contributed by atoms with van der Waals surface area (Å²) in [6, 6.07) is 12.5. The lowest BCUT2D eigenvalue weighted by atomic mass is 10.1. The Hall–Kier alpha value is -2.86. The van der Waals surface area contributed by atoms with E-state index in [1.54, 1.807) is 19.1 Å². The number of nitrogens with one attached hydrogen (secondary N) is 1. The SMILES string of the molecule is Cc1c(C(=O)Nc2ccc(N3CCN(C)CC3)cc2)oc2c(F)cccc12. The number of hydrogen-bond acceptors (Lipinski definition) is 4. The standard InChI is InChI=1S/C21H22FN3O2/c1-14-17-4-3-5-18(22)20(17)27-19(14)21(26)23-15-6-8-16(9-7-15)25-12-10-24(2)11-13-25/h3-9H,10-13H2,1-2H3,(H,23,26). The first-order valence-corrected chi connectivity index (χ1v) is 9.05. The summed E-state index contributed by atoms with van der Waals surface area (Å²) in [5.41, 5.74) is 2.57. The molecule has 3 aromatic rings. The van der Waals surface area contributed by atoms with Crippen molar-refractivity contribution in [3.63, 3.8) is 0 Å². The van der Waals surface area contributed by atoms with Gasteiger partial charge in [0.15, 0.2) is 17.2 Å². The topological polar surface area (TPSA) is 48.7 Å². The second-order valence-electron chi connectivity index (χ2n) is 6.96. The number of anilines is 2. The average molecular weight is 367 g/mol. The number of fused-ring (bicyclic) bond motifs is 1. The van der Waals surface area contributed by atoms with Crippen LogP contribution < -0.4 is 10.2 Å². The Morgan fingerprint density at radius 2 is 1.78 bits per heavy atom. The van der Waals surface area contributed by atoms with Crippen molar-refractivity contribution < 1.29 is 13.6 Å². The second-order valence-corrected chi connectivity index (χ2v) is 6.96. The van der Waals surface area contributed by atoms with E-state index in [1.807, 2.05) is 24.3 Å². The molecule has 0 spiro atoms. The highest BCUT2D eigenvalue weighted by Gasteiger charge is 2.20. The number of amides is 1. The lowest BCUT2D eigenvalue weighted by Gasteiger charge is -2.34. The Labute approximate surface area is 157 Å². The zero-order valence-electron chi connectivity index (χ0n) is 15.5. The molecule has 1 amide bonds. The first-order valence-electron chi connectivity index (χ1n) is 9.05. The summed E-state index contributed by atoms with van der Waals surface area (Å²) in [5, 5.41) is 3.45. The van der Waals surface area contributed by atoms with Gasteiger partial charge in [-0.05, 0) is 44.3 Å². The number of carbonyl (C=O) groups is 1. The van der Waals surface area contributed by atoms with Crippen molar-refractivity contribution in [2.24, 2.45) is 0 Å². The molecular formula is C21H22FN3O2. The Balaban J connectivity index is 1.50. The van der Waals surface area contributed by atoms with E-state index in [2.05, 4.69) is 22.2 Å². The van der Waals surface area contributed by atoms with Crippen molar-refractivity contribution in [1.29, 1.82) is 0 Å². The van der Waals surface area contributed by atoms with Crippen LogP contribution in [0.4, 0.5) is 15.8 Å². The molecule has 0 radical (unpaired) electrons. The van der Waals surface area contributed by atoms with Crippen molar-refractivity contribution in [2.75, 3.05) is 43.4 Å². The minimum Gasteiger partial charge on any atom is -0.448 e. The highest BCUT2D eigenvalue weighted by atomic mass is 19.1. The quantitative estimate of drug-likeness (QED) is 0.763. The molecule has 4 rings (SSSR count). The van der Waals surface area contributed by atoms with E-state index in [4.69, 9.17) is 4.42 Å². The Morgan fingerprint density at radius 3 is 2.44 bits per heavy atom. The smallest absolute Gasteiger partial charge is 0.291 e. The summed E-state index contributed by atoms with van der Waals surface area (Å²) in [7, 11) is 2.13. The highest BCUT2D eigenvalue weighted by Crippen LogP contribution is 2.28. The van der Waals surface area contributed by atoms with E-state index in [9.17, 15) is 9.18 Å². The van der Waals surface area contributed by atoms with Crippen LogP contribution in [0.3, 0.4) is 0 Å². The summed E-state index contributed by atoms with van der Waals surface area (Å²) < 4.78 is 19.4. The molecule has 0 bridgehead atoms. The number of aryl methyl sites for hydroxylation is 1. The second kappa shape index (κ2) is 7.04. The summed E-state index contributed by atoms with van der Waals surface area (Å²) in [6.07, 6.45) is 0. The van der Waals surface area contributed by atoms with Gasteiger partial charge in [-0.3, -0.25) is 4.79 Å². The predicted molar refractivity (Wildman–Crippen MR) is 105 cm³/mol. The van der Waals surface area contributed by atoms with E-state index in [0.29, 0.717) is 16.6 Å². The summed E-state index contributed by atoms with van der Waals surface area (Å²) in [6.45, 7) is 5.83. The van der Waals surface area contributed by atoms with Gasteiger partial charge in [0.2, 0.25) is 0 Å². The van der Waals surface area contributed by atoms with Crippen LogP contribution in [0.25, 0.3) is 11.0 Å². The third-order valence-corrected chi connectivity index (χ3v) is 5.12. The van der Waals surface area contributed by atoms with Gasteiger partial charge in [0, 0.05) is 48.5 Å². The number of furan rings is 1. The zero-order chi connectivity index (χ0) is 19.0. The molecule has 1 aliphatic heterocycles. The largest absolute Gasteiger partial charge is 0.448 e. The molecule has 2 heterocycles. The molecule has 1 saturated heterocycles. The molecular weight excluding hydrogens is 345 g/mol. The lowest BCUT2D eigenvalue weighted by Crippen LogP contribution is -2.44. The van der Waals surface area contributed by atoms with Crippen LogP contribution in [0.1, 0.15) is 16.1 Å². The zero-order valence-corrected chi connectivity index (χ0v) is 15.5. The van der Waals surface area contributed by atoms with Crippen LogP contribution in [-0.4, -0.2) is 44.0 Å². The number of rotatable bonds is 3. The van der Waals surface area contributed by atoms with Gasteiger partial charge >= 0.3 is 0 Å². The van der Waals surface area contributed by atoms with Gasteiger partial charge in [0.1, 0.15) is 0 Å². The van der Waals surface area contributed by atoms with Gasteiger partial charge in [-0.1, -0.05) is 12.1 Å².